The van der Waals surface area contributed by atoms with Gasteiger partial charge in [0.1, 0.15) is 5.82 Å². The summed E-state index contributed by atoms with van der Waals surface area (Å²) in [6.45, 7) is 0. The van der Waals surface area contributed by atoms with Crippen molar-refractivity contribution in [3.8, 4) is 0 Å². The Hall–Kier alpha value is -1.20. The molecule has 5 heteroatoms. The summed E-state index contributed by atoms with van der Waals surface area (Å²) in [7, 11) is 0. The highest BCUT2D eigenvalue weighted by Gasteiger charge is 2.13. The van der Waals surface area contributed by atoms with E-state index in [4.69, 9.17) is 0 Å². The number of anilines is 1. The number of rotatable bonds is 2. The van der Waals surface area contributed by atoms with Crippen molar-refractivity contribution in [3.63, 3.8) is 0 Å². The van der Waals surface area contributed by atoms with Crippen molar-refractivity contribution in [2.24, 2.45) is 0 Å². The summed E-state index contributed by atoms with van der Waals surface area (Å²) < 4.78 is 14.8. The lowest BCUT2D eigenvalue weighted by Crippen LogP contribution is -2.13. The summed E-state index contributed by atoms with van der Waals surface area (Å²) >= 11 is 6.35. The minimum Gasteiger partial charge on any atom is -0.322 e. The molecule has 0 radical (unpaired) electrons. The Morgan fingerprint density at radius 1 is 1.11 bits per heavy atom. The molecule has 0 aromatic heterocycles. The third-order valence-electron chi connectivity index (χ3n) is 2.28. The molecule has 0 saturated carbocycles. The van der Waals surface area contributed by atoms with E-state index in [0.29, 0.717) is 5.69 Å². The molecule has 92 valence electrons. The van der Waals surface area contributed by atoms with E-state index in [1.165, 1.54) is 6.07 Å². The molecule has 0 spiro atoms. The van der Waals surface area contributed by atoms with Crippen LogP contribution in [0.2, 0.25) is 0 Å². The van der Waals surface area contributed by atoms with Gasteiger partial charge in [-0.2, -0.15) is 0 Å². The number of halogens is 3. The second kappa shape index (κ2) is 5.63. The van der Waals surface area contributed by atoms with E-state index < -0.39 is 11.7 Å². The number of hydrogen-bond acceptors (Lipinski definition) is 1. The minimum atomic E-state index is -0.565. The number of carbonyl (C=O) groups excluding carboxylic acids is 1. The fourth-order valence-corrected chi connectivity index (χ4v) is 2.21. The van der Waals surface area contributed by atoms with Crippen molar-refractivity contribution in [1.82, 2.24) is 0 Å². The topological polar surface area (TPSA) is 29.1 Å². The standard InChI is InChI=1S/C13H8Br2FNO/c14-8-3-1-4-9(7-8)17-13(18)10-5-2-6-11(15)12(10)16/h1-7H,(H,17,18). The smallest absolute Gasteiger partial charge is 0.258 e. The number of carbonyl (C=O) groups is 1. The molecule has 18 heavy (non-hydrogen) atoms. The molecular weight excluding hydrogens is 365 g/mol. The Bertz CT molecular complexity index is 601. The van der Waals surface area contributed by atoms with Gasteiger partial charge in [0.2, 0.25) is 0 Å². The maximum atomic E-state index is 13.7. The summed E-state index contributed by atoms with van der Waals surface area (Å²) in [5.41, 5.74) is 0.609. The van der Waals surface area contributed by atoms with Crippen LogP contribution in [0.3, 0.4) is 0 Å². The van der Waals surface area contributed by atoms with Gasteiger partial charge in [-0.25, -0.2) is 4.39 Å². The summed E-state index contributed by atoms with van der Waals surface area (Å²) in [4.78, 5) is 11.9. The third kappa shape index (κ3) is 2.97. The van der Waals surface area contributed by atoms with Gasteiger partial charge in [0.05, 0.1) is 10.0 Å². The fraction of sp³-hybridized carbons (Fsp3) is 0. The van der Waals surface area contributed by atoms with Crippen LogP contribution in [0.1, 0.15) is 10.4 Å². The molecule has 0 atom stereocenters. The van der Waals surface area contributed by atoms with Crippen LogP contribution in [0.15, 0.2) is 51.4 Å². The lowest BCUT2D eigenvalue weighted by Gasteiger charge is -2.07. The van der Waals surface area contributed by atoms with Crippen LogP contribution < -0.4 is 5.32 Å². The van der Waals surface area contributed by atoms with Crippen molar-refractivity contribution >= 4 is 43.5 Å². The van der Waals surface area contributed by atoms with E-state index in [1.54, 1.807) is 30.3 Å². The summed E-state index contributed by atoms with van der Waals surface area (Å²) in [6, 6.07) is 11.7. The van der Waals surface area contributed by atoms with Crippen LogP contribution in [0.25, 0.3) is 0 Å². The molecule has 1 N–H and O–H groups in total. The van der Waals surface area contributed by atoms with Crippen molar-refractivity contribution in [3.05, 3.63) is 62.8 Å². The second-order valence-electron chi connectivity index (χ2n) is 3.57. The van der Waals surface area contributed by atoms with Gasteiger partial charge >= 0.3 is 0 Å². The zero-order valence-electron chi connectivity index (χ0n) is 9.08. The van der Waals surface area contributed by atoms with Gasteiger partial charge in [-0.3, -0.25) is 4.79 Å². The van der Waals surface area contributed by atoms with Gasteiger partial charge in [-0.1, -0.05) is 28.1 Å². The van der Waals surface area contributed by atoms with Crippen LogP contribution in [-0.4, -0.2) is 5.91 Å². The molecule has 0 fully saturated rings. The van der Waals surface area contributed by atoms with Crippen molar-refractivity contribution in [1.29, 1.82) is 0 Å². The average Bonchev–Trinajstić information content (AvgIpc) is 2.32. The van der Waals surface area contributed by atoms with Gasteiger partial charge in [0.25, 0.3) is 5.91 Å². The second-order valence-corrected chi connectivity index (χ2v) is 5.34. The molecule has 0 aliphatic carbocycles. The van der Waals surface area contributed by atoms with Crippen molar-refractivity contribution in [2.75, 3.05) is 5.32 Å². The number of amides is 1. The molecule has 0 bridgehead atoms. The molecule has 2 aromatic carbocycles. The first-order valence-electron chi connectivity index (χ1n) is 5.09. The van der Waals surface area contributed by atoms with E-state index in [1.807, 2.05) is 6.07 Å². The fourth-order valence-electron chi connectivity index (χ4n) is 1.44. The Kier molecular flexibility index (Phi) is 4.14. The lowest BCUT2D eigenvalue weighted by molar-refractivity contribution is 0.102. The molecular formula is C13H8Br2FNO. The first kappa shape index (κ1) is 13.2. The summed E-state index contributed by atoms with van der Waals surface area (Å²) in [5.74, 6) is -1.04. The highest BCUT2D eigenvalue weighted by molar-refractivity contribution is 9.10. The zero-order valence-corrected chi connectivity index (χ0v) is 12.3. The van der Waals surface area contributed by atoms with Crippen molar-refractivity contribution < 1.29 is 9.18 Å². The Morgan fingerprint density at radius 3 is 2.56 bits per heavy atom. The molecule has 2 aromatic rings. The zero-order chi connectivity index (χ0) is 13.1. The molecule has 0 heterocycles. The average molecular weight is 373 g/mol. The normalized spacial score (nSPS) is 10.2. The van der Waals surface area contributed by atoms with Crippen LogP contribution in [0.4, 0.5) is 10.1 Å². The maximum Gasteiger partial charge on any atom is 0.258 e. The van der Waals surface area contributed by atoms with Crippen LogP contribution >= 0.6 is 31.9 Å². The van der Waals surface area contributed by atoms with E-state index in [9.17, 15) is 9.18 Å². The number of benzene rings is 2. The largest absolute Gasteiger partial charge is 0.322 e. The Balaban J connectivity index is 2.25. The van der Waals surface area contributed by atoms with Gasteiger partial charge in [0.15, 0.2) is 0 Å². The van der Waals surface area contributed by atoms with Crippen molar-refractivity contribution in [2.45, 2.75) is 0 Å². The molecule has 2 rings (SSSR count). The number of nitrogens with one attached hydrogen (secondary N) is 1. The van der Waals surface area contributed by atoms with Crippen LogP contribution in [-0.2, 0) is 0 Å². The quantitative estimate of drug-likeness (QED) is 0.819. The first-order valence-corrected chi connectivity index (χ1v) is 6.67. The van der Waals surface area contributed by atoms with Gasteiger partial charge in [0, 0.05) is 10.2 Å². The van der Waals surface area contributed by atoms with E-state index in [-0.39, 0.29) is 10.0 Å². The van der Waals surface area contributed by atoms with E-state index in [2.05, 4.69) is 37.2 Å². The Labute approximate surface area is 120 Å². The molecule has 2 nitrogen and oxygen atoms in total. The maximum absolute atomic E-state index is 13.7. The molecule has 1 amide bonds. The van der Waals surface area contributed by atoms with E-state index in [0.717, 1.165) is 4.47 Å². The SMILES string of the molecule is O=C(Nc1cccc(Br)c1)c1cccc(Br)c1F. The van der Waals surface area contributed by atoms with Crippen LogP contribution in [0, 0.1) is 5.82 Å². The predicted molar refractivity (Wildman–Crippen MR) is 76.2 cm³/mol. The highest BCUT2D eigenvalue weighted by Crippen LogP contribution is 2.21. The lowest BCUT2D eigenvalue weighted by atomic mass is 10.2. The molecule has 0 aliphatic heterocycles. The van der Waals surface area contributed by atoms with Gasteiger partial charge in [-0.05, 0) is 46.3 Å². The summed E-state index contributed by atoms with van der Waals surface area (Å²) in [6.07, 6.45) is 0. The van der Waals surface area contributed by atoms with E-state index >= 15 is 0 Å². The predicted octanol–water partition coefficient (Wildman–Crippen LogP) is 4.60. The van der Waals surface area contributed by atoms with Crippen LogP contribution in [0.5, 0.6) is 0 Å². The third-order valence-corrected chi connectivity index (χ3v) is 3.38. The monoisotopic (exact) mass is 371 g/mol. The molecule has 0 saturated heterocycles. The van der Waals surface area contributed by atoms with Gasteiger partial charge in [-0.15, -0.1) is 0 Å². The van der Waals surface area contributed by atoms with Gasteiger partial charge < -0.3 is 5.32 Å². The number of hydrogen-bond donors (Lipinski definition) is 1. The highest BCUT2D eigenvalue weighted by atomic mass is 79.9. The molecule has 0 unspecified atom stereocenters. The summed E-state index contributed by atoms with van der Waals surface area (Å²) in [5, 5.41) is 2.64. The molecule has 0 aliphatic rings. The minimum absolute atomic E-state index is 0.00403. The first-order chi connectivity index (χ1) is 8.58. The Morgan fingerprint density at radius 2 is 1.83 bits per heavy atom.